The Hall–Kier alpha value is 0.230. The van der Waals surface area contributed by atoms with Crippen molar-refractivity contribution in [1.82, 2.24) is 10.2 Å². The van der Waals surface area contributed by atoms with E-state index >= 15 is 0 Å². The van der Waals surface area contributed by atoms with Gasteiger partial charge in [0.25, 0.3) is 0 Å². The molecular weight excluding hydrogens is 208 g/mol. The van der Waals surface area contributed by atoms with Crippen molar-refractivity contribution in [3.63, 3.8) is 0 Å². The van der Waals surface area contributed by atoms with E-state index in [0.29, 0.717) is 6.04 Å². The van der Waals surface area contributed by atoms with Crippen LogP contribution in [-0.2, 0) is 4.74 Å². The summed E-state index contributed by atoms with van der Waals surface area (Å²) >= 11 is 2.07. The molecule has 2 fully saturated rings. The molecule has 0 bridgehead atoms. The Morgan fingerprint density at radius 3 is 2.73 bits per heavy atom. The highest BCUT2D eigenvalue weighted by Gasteiger charge is 2.25. The summed E-state index contributed by atoms with van der Waals surface area (Å²) in [6.07, 6.45) is 2.74. The lowest BCUT2D eigenvalue weighted by atomic mass is 10.2. The first-order chi connectivity index (χ1) is 7.40. The number of ether oxygens (including phenoxy) is 1. The first-order valence-corrected chi connectivity index (χ1v) is 7.09. The average molecular weight is 230 g/mol. The second kappa shape index (κ2) is 6.09. The first kappa shape index (κ1) is 11.7. The number of nitrogens with zero attached hydrogens (tertiary/aromatic N) is 1. The highest BCUT2D eigenvalue weighted by Crippen LogP contribution is 2.19. The minimum atomic E-state index is 0.580. The minimum Gasteiger partial charge on any atom is -0.383 e. The van der Waals surface area contributed by atoms with Crippen LogP contribution in [0.3, 0.4) is 0 Å². The smallest absolute Gasteiger partial charge is 0.0630 e. The van der Waals surface area contributed by atoms with E-state index < -0.39 is 0 Å². The van der Waals surface area contributed by atoms with E-state index in [1.54, 1.807) is 0 Å². The molecule has 1 saturated carbocycles. The van der Waals surface area contributed by atoms with Gasteiger partial charge < -0.3 is 10.1 Å². The van der Waals surface area contributed by atoms with Crippen molar-refractivity contribution in [1.29, 1.82) is 0 Å². The molecule has 1 aliphatic carbocycles. The van der Waals surface area contributed by atoms with Crippen molar-refractivity contribution < 1.29 is 4.74 Å². The average Bonchev–Trinajstić information content (AvgIpc) is 3.09. The summed E-state index contributed by atoms with van der Waals surface area (Å²) in [4.78, 5) is 2.58. The fraction of sp³-hybridized carbons (Fsp3) is 1.00. The standard InChI is InChI=1S/C11H22N2OS/c1-14-9-11(8-12-10-2-3-10)13-4-6-15-7-5-13/h10-12H,2-9H2,1H3. The molecule has 0 amide bonds. The Bertz CT molecular complexity index is 181. The Balaban J connectivity index is 1.74. The van der Waals surface area contributed by atoms with Crippen molar-refractivity contribution in [2.24, 2.45) is 0 Å². The summed E-state index contributed by atoms with van der Waals surface area (Å²) in [7, 11) is 1.81. The quantitative estimate of drug-likeness (QED) is 0.729. The van der Waals surface area contributed by atoms with Gasteiger partial charge in [-0.3, -0.25) is 4.90 Å². The summed E-state index contributed by atoms with van der Waals surface area (Å²) in [6, 6.07) is 1.39. The largest absolute Gasteiger partial charge is 0.383 e. The molecule has 0 radical (unpaired) electrons. The van der Waals surface area contributed by atoms with Crippen LogP contribution in [0.25, 0.3) is 0 Å². The topological polar surface area (TPSA) is 24.5 Å². The maximum absolute atomic E-state index is 5.32. The first-order valence-electron chi connectivity index (χ1n) is 5.94. The lowest BCUT2D eigenvalue weighted by molar-refractivity contribution is 0.0954. The van der Waals surface area contributed by atoms with Crippen LogP contribution in [0.1, 0.15) is 12.8 Å². The third kappa shape index (κ3) is 3.94. The second-order valence-corrected chi connectivity index (χ2v) is 5.66. The summed E-state index contributed by atoms with van der Waals surface area (Å²) in [5.41, 5.74) is 0. The summed E-state index contributed by atoms with van der Waals surface area (Å²) in [6.45, 7) is 4.42. The second-order valence-electron chi connectivity index (χ2n) is 4.44. The molecule has 0 spiro atoms. The highest BCUT2D eigenvalue weighted by molar-refractivity contribution is 7.99. The van der Waals surface area contributed by atoms with E-state index in [9.17, 15) is 0 Å². The van der Waals surface area contributed by atoms with Gasteiger partial charge in [-0.05, 0) is 12.8 Å². The van der Waals surface area contributed by atoms with Gasteiger partial charge in [0.15, 0.2) is 0 Å². The Morgan fingerprint density at radius 1 is 1.40 bits per heavy atom. The van der Waals surface area contributed by atoms with Crippen LogP contribution < -0.4 is 5.32 Å². The summed E-state index contributed by atoms with van der Waals surface area (Å²) < 4.78 is 5.32. The lowest BCUT2D eigenvalue weighted by Crippen LogP contribution is -2.48. The highest BCUT2D eigenvalue weighted by atomic mass is 32.2. The SMILES string of the molecule is COCC(CNC1CC1)N1CCSCC1. The van der Waals surface area contributed by atoms with Crippen molar-refractivity contribution >= 4 is 11.8 Å². The maximum Gasteiger partial charge on any atom is 0.0630 e. The Labute approximate surface area is 96.9 Å². The Kier molecular flexibility index (Phi) is 4.75. The molecule has 0 aromatic rings. The molecule has 0 aromatic carbocycles. The number of methoxy groups -OCH3 is 1. The van der Waals surface area contributed by atoms with Gasteiger partial charge in [-0.15, -0.1) is 0 Å². The normalized spacial score (nSPS) is 25.4. The van der Waals surface area contributed by atoms with Crippen molar-refractivity contribution in [3.05, 3.63) is 0 Å². The molecule has 4 heteroatoms. The minimum absolute atomic E-state index is 0.580. The monoisotopic (exact) mass is 230 g/mol. The van der Waals surface area contributed by atoms with Crippen molar-refractivity contribution in [2.45, 2.75) is 24.9 Å². The molecule has 2 aliphatic rings. The molecule has 1 N–H and O–H groups in total. The number of nitrogens with one attached hydrogen (secondary N) is 1. The van der Waals surface area contributed by atoms with Crippen LogP contribution in [0.5, 0.6) is 0 Å². The van der Waals surface area contributed by atoms with Crippen LogP contribution >= 0.6 is 11.8 Å². The van der Waals surface area contributed by atoms with Crippen molar-refractivity contribution in [2.75, 3.05) is 44.9 Å². The van der Waals surface area contributed by atoms with Gasteiger partial charge in [-0.25, -0.2) is 0 Å². The summed E-state index contributed by atoms with van der Waals surface area (Å²) in [5.74, 6) is 2.56. The van der Waals surface area contributed by atoms with Crippen LogP contribution in [0.15, 0.2) is 0 Å². The fourth-order valence-corrected chi connectivity index (χ4v) is 2.95. The molecule has 1 unspecified atom stereocenters. The molecule has 1 heterocycles. The summed E-state index contributed by atoms with van der Waals surface area (Å²) in [5, 5.41) is 3.61. The number of thioether (sulfide) groups is 1. The molecule has 1 atom stereocenters. The van der Waals surface area contributed by atoms with Gasteiger partial charge in [-0.2, -0.15) is 11.8 Å². The van der Waals surface area contributed by atoms with Gasteiger partial charge in [0.05, 0.1) is 6.61 Å². The van der Waals surface area contributed by atoms with E-state index in [-0.39, 0.29) is 0 Å². The molecule has 3 nitrogen and oxygen atoms in total. The molecule has 2 rings (SSSR count). The zero-order valence-electron chi connectivity index (χ0n) is 9.58. The van der Waals surface area contributed by atoms with E-state index in [2.05, 4.69) is 22.0 Å². The van der Waals surface area contributed by atoms with Crippen LogP contribution in [0.2, 0.25) is 0 Å². The zero-order valence-corrected chi connectivity index (χ0v) is 10.4. The van der Waals surface area contributed by atoms with Crippen LogP contribution in [-0.4, -0.2) is 61.8 Å². The maximum atomic E-state index is 5.32. The predicted octanol–water partition coefficient (Wildman–Crippen LogP) is 0.802. The molecule has 1 saturated heterocycles. The van der Waals surface area contributed by atoms with Gasteiger partial charge in [0.1, 0.15) is 0 Å². The van der Waals surface area contributed by atoms with Crippen LogP contribution in [0, 0.1) is 0 Å². The van der Waals surface area contributed by atoms with E-state index in [1.165, 1.54) is 37.4 Å². The molecular formula is C11H22N2OS. The van der Waals surface area contributed by atoms with E-state index in [0.717, 1.165) is 19.2 Å². The van der Waals surface area contributed by atoms with Crippen molar-refractivity contribution in [3.8, 4) is 0 Å². The fourth-order valence-electron chi connectivity index (χ4n) is 2.02. The molecule has 1 aliphatic heterocycles. The van der Waals surface area contributed by atoms with Gasteiger partial charge in [0, 0.05) is 50.3 Å². The lowest BCUT2D eigenvalue weighted by Gasteiger charge is -2.34. The molecule has 15 heavy (non-hydrogen) atoms. The van der Waals surface area contributed by atoms with E-state index in [4.69, 9.17) is 4.74 Å². The van der Waals surface area contributed by atoms with E-state index in [1.807, 2.05) is 7.11 Å². The Morgan fingerprint density at radius 2 is 2.13 bits per heavy atom. The number of hydrogen-bond donors (Lipinski definition) is 1. The van der Waals surface area contributed by atoms with Gasteiger partial charge >= 0.3 is 0 Å². The predicted molar refractivity (Wildman–Crippen MR) is 65.6 cm³/mol. The van der Waals surface area contributed by atoms with Gasteiger partial charge in [-0.1, -0.05) is 0 Å². The third-order valence-corrected chi connectivity index (χ3v) is 4.08. The van der Waals surface area contributed by atoms with Gasteiger partial charge in [0.2, 0.25) is 0 Å². The number of hydrogen-bond acceptors (Lipinski definition) is 4. The molecule has 0 aromatic heterocycles. The molecule has 88 valence electrons. The number of rotatable bonds is 6. The van der Waals surface area contributed by atoms with Crippen LogP contribution in [0.4, 0.5) is 0 Å². The zero-order chi connectivity index (χ0) is 10.5. The third-order valence-electron chi connectivity index (χ3n) is 3.14.